The summed E-state index contributed by atoms with van der Waals surface area (Å²) in [5.74, 6) is 9.63. The summed E-state index contributed by atoms with van der Waals surface area (Å²) < 4.78 is 17.0. The Bertz CT molecular complexity index is 2760. The number of nitrogens with zero attached hydrogens (tertiary/aromatic N) is 7. The van der Waals surface area contributed by atoms with Gasteiger partial charge in [-0.3, -0.25) is 14.4 Å². The van der Waals surface area contributed by atoms with E-state index in [4.69, 9.17) is 33.8 Å². The van der Waals surface area contributed by atoms with Crippen molar-refractivity contribution in [3.63, 3.8) is 0 Å². The first-order valence-electron chi connectivity index (χ1n) is 28.5. The third kappa shape index (κ3) is 36.3. The van der Waals surface area contributed by atoms with Gasteiger partial charge in [-0.2, -0.15) is 19.6 Å². The van der Waals surface area contributed by atoms with Crippen molar-refractivity contribution in [1.29, 1.82) is 0 Å². The van der Waals surface area contributed by atoms with Gasteiger partial charge >= 0.3 is 0 Å². The number of aromatic amines is 1. The molecule has 0 bridgehead atoms. The Morgan fingerprint density at radius 3 is 1.32 bits per heavy atom. The predicted molar refractivity (Wildman–Crippen MR) is 356 cm³/mol. The molecule has 0 atom stereocenters. The molecule has 0 spiro atoms. The highest BCUT2D eigenvalue weighted by atomic mass is 32.2. The topological polar surface area (TPSA) is 321 Å². The van der Waals surface area contributed by atoms with Crippen LogP contribution in [0.15, 0.2) is 107 Å². The fraction of sp³-hybridized carbons (Fsp3) is 0.541. The molecule has 0 saturated carbocycles. The van der Waals surface area contributed by atoms with Crippen molar-refractivity contribution in [1.82, 2.24) is 51.3 Å². The van der Waals surface area contributed by atoms with Crippen LogP contribution < -0.4 is 31.7 Å². The van der Waals surface area contributed by atoms with Crippen molar-refractivity contribution in [3.05, 3.63) is 122 Å². The molecule has 8 heterocycles. The number of tetrazole rings is 1. The van der Waals surface area contributed by atoms with Gasteiger partial charge < -0.3 is 49.2 Å². The van der Waals surface area contributed by atoms with Gasteiger partial charge in [-0.05, 0) is 49.5 Å². The smallest absolute Gasteiger partial charge is 0.240 e. The Balaban J connectivity index is 0. The maximum atomic E-state index is 11.4. The number of aromatic hydroxyl groups is 3. The third-order valence-electron chi connectivity index (χ3n) is 10.8. The number of aromatic nitrogens is 5. The molecule has 8 rings (SSSR count). The number of thiophene rings is 1. The highest BCUT2D eigenvalue weighted by molar-refractivity contribution is 8.02. The van der Waals surface area contributed by atoms with Gasteiger partial charge in [0.2, 0.25) is 23.6 Å². The van der Waals surface area contributed by atoms with Gasteiger partial charge in [0.1, 0.15) is 46.1 Å². The molecule has 87 heavy (non-hydrogen) atoms. The van der Waals surface area contributed by atoms with E-state index in [0.29, 0.717) is 70.3 Å². The molecule has 0 fully saturated rings. The lowest BCUT2D eigenvalue weighted by Crippen LogP contribution is -2.22. The van der Waals surface area contributed by atoms with Gasteiger partial charge in [0.25, 0.3) is 0 Å². The standard InChI is InChI=1S/C9H12O2.C7H10O2.C7H10OS.2C6H10N2O.C6H10N2S.C6H9NOS.2C5H11NO.C4H8N4/c1-6(2)8-5-11-4-7(3)9(8)10;2*1-5(2)7-3-6(8)4-9-7;3*1-4(2)6-7-5(3)9-8-6;1-4(2)6-5(8)3-9-7-6;2*1-4(2)5(7)6-3;1-3(2)4-5-7-8-6-4/h4-6H,1-3H3;2*3-5,8H,1-2H3;3*4H,3H2,1-2H3,(H,7,8);3-4,8H,1-2H3;2*4H,1-3H3,(H,6,7);3H,1-2H3,(H,5,6,7,8). The quantitative estimate of drug-likeness (QED) is 0.0587. The van der Waals surface area contributed by atoms with Crippen LogP contribution in [0.3, 0.4) is 0 Å². The van der Waals surface area contributed by atoms with Crippen LogP contribution >= 0.6 is 34.8 Å². The summed E-state index contributed by atoms with van der Waals surface area (Å²) in [6, 6.07) is 3.44. The average molecular weight is 1270 g/mol. The minimum absolute atomic E-state index is 0.0972. The first-order valence-corrected chi connectivity index (χ1v) is 31.1. The normalized spacial score (nSPS) is 12.5. The molecule has 3 aliphatic rings. The molecule has 26 heteroatoms. The zero-order chi connectivity index (χ0) is 67.3. The maximum absolute atomic E-state index is 11.4. The summed E-state index contributed by atoms with van der Waals surface area (Å²) in [5, 5.41) is 49.4. The lowest BCUT2D eigenvalue weighted by Gasteiger charge is -2.02. The molecule has 488 valence electrons. The number of aliphatic imine (C=N–C) groups is 3. The molecule has 3 aliphatic heterocycles. The summed E-state index contributed by atoms with van der Waals surface area (Å²) >= 11 is 4.39. The zero-order valence-corrected chi connectivity index (χ0v) is 57.9. The first kappa shape index (κ1) is 81.6. The molecule has 2 amide bonds. The van der Waals surface area contributed by atoms with Crippen molar-refractivity contribution in [2.24, 2.45) is 44.6 Å². The number of nitrogens with one attached hydrogen (secondary N) is 6. The summed E-state index contributed by atoms with van der Waals surface area (Å²) in [6.07, 6.45) is 4.35. The third-order valence-corrected chi connectivity index (χ3v) is 13.3. The highest BCUT2D eigenvalue weighted by Crippen LogP contribution is 2.27. The fourth-order valence-corrected chi connectivity index (χ4v) is 7.60. The second-order valence-corrected chi connectivity index (χ2v) is 24.6. The summed E-state index contributed by atoms with van der Waals surface area (Å²) in [4.78, 5) is 55.1. The molecule has 0 aromatic carbocycles. The lowest BCUT2D eigenvalue weighted by molar-refractivity contribution is -0.124. The molecular formula is C61H101N13O10S3. The van der Waals surface area contributed by atoms with E-state index in [2.05, 4.69) is 114 Å². The number of rotatable bonds is 10. The molecule has 5 aromatic rings. The van der Waals surface area contributed by atoms with Crippen LogP contribution in [0.1, 0.15) is 201 Å². The van der Waals surface area contributed by atoms with Crippen LogP contribution in [0.25, 0.3) is 0 Å². The molecule has 23 nitrogen and oxygen atoms in total. The first-order chi connectivity index (χ1) is 40.5. The van der Waals surface area contributed by atoms with Crippen molar-refractivity contribution >= 4 is 64.1 Å². The van der Waals surface area contributed by atoms with Crippen molar-refractivity contribution in [3.8, 4) is 17.2 Å². The van der Waals surface area contributed by atoms with Crippen LogP contribution in [-0.2, 0) is 19.3 Å². The number of hydrogen-bond acceptors (Lipinski definition) is 23. The molecule has 0 unspecified atom stereocenters. The van der Waals surface area contributed by atoms with E-state index in [0.717, 1.165) is 45.4 Å². The van der Waals surface area contributed by atoms with Crippen LogP contribution in [0.4, 0.5) is 0 Å². The van der Waals surface area contributed by atoms with Gasteiger partial charge in [-0.1, -0.05) is 150 Å². The highest BCUT2D eigenvalue weighted by Gasteiger charge is 2.15. The Kier molecular flexibility index (Phi) is 41.3. The van der Waals surface area contributed by atoms with Crippen molar-refractivity contribution < 1.29 is 43.4 Å². The van der Waals surface area contributed by atoms with Crippen molar-refractivity contribution in [2.45, 2.75) is 175 Å². The number of amides is 2. The second kappa shape index (κ2) is 44.1. The van der Waals surface area contributed by atoms with E-state index in [1.54, 1.807) is 49.2 Å². The number of carbonyl (C=O) groups excluding carboxylic acids is 2. The Morgan fingerprint density at radius 1 is 0.609 bits per heavy atom. The summed E-state index contributed by atoms with van der Waals surface area (Å²) in [7, 11) is 3.28. The number of hydrogen-bond donors (Lipinski definition) is 9. The molecule has 0 radical (unpaired) electrons. The van der Waals surface area contributed by atoms with Crippen LogP contribution in [0.5, 0.6) is 17.2 Å². The van der Waals surface area contributed by atoms with Gasteiger partial charge in [0.05, 0.1) is 23.6 Å². The number of H-pyrrole nitrogens is 1. The van der Waals surface area contributed by atoms with Crippen LogP contribution in [-0.4, -0.2) is 83.7 Å². The second-order valence-electron chi connectivity index (χ2n) is 22.2. The summed E-state index contributed by atoms with van der Waals surface area (Å²) in [6.45, 7) is 52.5. The van der Waals surface area contributed by atoms with E-state index in [1.165, 1.54) is 47.1 Å². The van der Waals surface area contributed by atoms with Crippen molar-refractivity contribution in [2.75, 3.05) is 14.1 Å². The largest absolute Gasteiger partial charge is 0.507 e. The minimum Gasteiger partial charge on any atom is -0.507 e. The maximum Gasteiger partial charge on any atom is 0.240 e. The molecule has 0 saturated heterocycles. The van der Waals surface area contributed by atoms with E-state index in [1.807, 2.05) is 117 Å². The monoisotopic (exact) mass is 1270 g/mol. The number of hydroxylamine groups is 2. The fourth-order valence-electron chi connectivity index (χ4n) is 5.48. The van der Waals surface area contributed by atoms with E-state index >= 15 is 0 Å². The SMILES string of the molecule is C=C1N=C(C(C)C)NO1.C=C1N=C(C(C)C)NO1.C=C1N=C(C(C)C)NS1.CC(C)c1cc(O)co1.CC(C)c1cc(O)cs1.CC(C)c1nn[nH]n1.CC(C)c1nscc1O.CNC(=O)C(C)C.CNC(=O)C(C)C.Cc1cocc(C(C)C)c1=O. The average Bonchev–Trinajstić information content (AvgIpc) is 4.53. The van der Waals surface area contributed by atoms with Gasteiger partial charge in [0, 0.05) is 101 Å². The number of aryl methyl sites for hydroxylation is 1. The summed E-state index contributed by atoms with van der Waals surface area (Å²) in [5.41, 5.74) is 7.65. The Labute approximate surface area is 528 Å². The number of furan rings is 1. The molecule has 5 aromatic heterocycles. The number of carbonyl (C=O) groups is 2. The zero-order valence-electron chi connectivity index (χ0n) is 55.5. The van der Waals surface area contributed by atoms with E-state index in [9.17, 15) is 14.4 Å². The van der Waals surface area contributed by atoms with Crippen LogP contribution in [0.2, 0.25) is 0 Å². The van der Waals surface area contributed by atoms with Gasteiger partial charge in [-0.25, -0.2) is 16.0 Å². The molecule has 9 N–H and O–H groups in total. The van der Waals surface area contributed by atoms with Gasteiger partial charge in [-0.15, -0.1) is 21.5 Å². The van der Waals surface area contributed by atoms with E-state index in [-0.39, 0.29) is 40.7 Å². The van der Waals surface area contributed by atoms with Gasteiger partial charge in [0.15, 0.2) is 17.0 Å². The molecular weight excluding hydrogens is 1170 g/mol. The van der Waals surface area contributed by atoms with Crippen LogP contribution in [0, 0.1) is 36.5 Å². The predicted octanol–water partition coefficient (Wildman–Crippen LogP) is 13.7. The molecule has 0 aliphatic carbocycles. The Morgan fingerprint density at radius 2 is 1.13 bits per heavy atom. The van der Waals surface area contributed by atoms with E-state index < -0.39 is 0 Å². The lowest BCUT2D eigenvalue weighted by atomic mass is 10.0. The minimum atomic E-state index is 0.0972. The Hall–Kier alpha value is -7.45. The number of amidine groups is 3.